The highest BCUT2D eigenvalue weighted by Gasteiger charge is 2.37. The maximum Gasteiger partial charge on any atom is 0.326 e. The fourth-order valence-corrected chi connectivity index (χ4v) is 4.51. The lowest BCUT2D eigenvalue weighted by Crippen LogP contribution is -2.63. The van der Waals surface area contributed by atoms with Gasteiger partial charge in [-0.3, -0.25) is 28.8 Å². The standard InChI is InChI=1S/C32H51N7O9/c1-6-18(2)25(38-27(43)21(34)17-24(40)41)29(45)39-32(4,5)31(48)35-19(3)26(42)37-23(16-20-12-8-7-9-13-20)28(44)36-22(30(46)47)14-10-11-15-33/h7-9,12-13,18-19,21-23,25H,6,10-11,14-17,33-34H2,1-5H3,(H,35,48)(H,36,44)(H,37,42)(H,38,43)(H,39,45)(H,40,41)(H,46,47)/t18-,19-,21-,22-,23-,25-/m0/s1. The van der Waals surface area contributed by atoms with E-state index in [4.69, 9.17) is 16.6 Å². The Kier molecular flexibility index (Phi) is 17.2. The van der Waals surface area contributed by atoms with Crippen molar-refractivity contribution < 1.29 is 43.8 Å². The number of unbranched alkanes of at least 4 members (excludes halogenated alkanes) is 1. The van der Waals surface area contributed by atoms with Gasteiger partial charge >= 0.3 is 11.9 Å². The molecule has 0 aliphatic heterocycles. The quantitative estimate of drug-likeness (QED) is 0.0723. The Labute approximate surface area is 280 Å². The van der Waals surface area contributed by atoms with Crippen LogP contribution in [0.5, 0.6) is 0 Å². The number of aliphatic carboxylic acids is 2. The van der Waals surface area contributed by atoms with E-state index < -0.39 is 89.6 Å². The Morgan fingerprint density at radius 1 is 0.812 bits per heavy atom. The Morgan fingerprint density at radius 3 is 1.96 bits per heavy atom. The minimum Gasteiger partial charge on any atom is -0.481 e. The van der Waals surface area contributed by atoms with Crippen molar-refractivity contribution in [3.05, 3.63) is 35.9 Å². The van der Waals surface area contributed by atoms with Gasteiger partial charge in [0.05, 0.1) is 12.5 Å². The molecule has 268 valence electrons. The zero-order valence-electron chi connectivity index (χ0n) is 28.2. The molecule has 11 N–H and O–H groups in total. The van der Waals surface area contributed by atoms with E-state index in [1.165, 1.54) is 20.8 Å². The average molecular weight is 678 g/mol. The molecule has 1 aromatic rings. The number of carboxylic acids is 2. The van der Waals surface area contributed by atoms with Crippen molar-refractivity contribution in [2.45, 2.75) is 109 Å². The fraction of sp³-hybridized carbons (Fsp3) is 0.594. The summed E-state index contributed by atoms with van der Waals surface area (Å²) in [6.07, 6.45) is 1.04. The van der Waals surface area contributed by atoms with Gasteiger partial charge in [-0.25, -0.2) is 4.79 Å². The molecule has 0 saturated carbocycles. The zero-order chi connectivity index (χ0) is 36.6. The predicted octanol–water partition coefficient (Wildman–Crippen LogP) is -0.855. The molecule has 5 amide bonds. The predicted molar refractivity (Wildman–Crippen MR) is 176 cm³/mol. The van der Waals surface area contributed by atoms with Crippen molar-refractivity contribution in [3.8, 4) is 0 Å². The van der Waals surface area contributed by atoms with Crippen molar-refractivity contribution in [1.29, 1.82) is 0 Å². The van der Waals surface area contributed by atoms with E-state index in [0.29, 0.717) is 31.4 Å². The van der Waals surface area contributed by atoms with Gasteiger partial charge in [0.2, 0.25) is 29.5 Å². The summed E-state index contributed by atoms with van der Waals surface area (Å²) in [4.78, 5) is 88.2. The molecule has 0 radical (unpaired) electrons. The lowest BCUT2D eigenvalue weighted by atomic mass is 9.95. The third kappa shape index (κ3) is 14.0. The maximum absolute atomic E-state index is 13.3. The molecular weight excluding hydrogens is 626 g/mol. The smallest absolute Gasteiger partial charge is 0.326 e. The van der Waals surface area contributed by atoms with Gasteiger partial charge in [-0.15, -0.1) is 0 Å². The van der Waals surface area contributed by atoms with Crippen LogP contribution in [0.25, 0.3) is 0 Å². The van der Waals surface area contributed by atoms with Crippen LogP contribution < -0.4 is 38.1 Å². The lowest BCUT2D eigenvalue weighted by Gasteiger charge is -2.31. The molecule has 0 aliphatic rings. The van der Waals surface area contributed by atoms with Crippen LogP contribution in [0.1, 0.15) is 72.3 Å². The van der Waals surface area contributed by atoms with Crippen LogP contribution in [0.15, 0.2) is 30.3 Å². The second kappa shape index (κ2) is 19.9. The number of hydrogen-bond acceptors (Lipinski definition) is 9. The molecule has 16 heteroatoms. The van der Waals surface area contributed by atoms with Gasteiger partial charge in [0.15, 0.2) is 0 Å². The van der Waals surface area contributed by atoms with Crippen molar-refractivity contribution in [2.75, 3.05) is 6.54 Å². The number of rotatable bonds is 21. The molecule has 0 spiro atoms. The molecular formula is C32H51N7O9. The molecule has 48 heavy (non-hydrogen) atoms. The Balaban J connectivity index is 3.03. The third-order valence-electron chi connectivity index (χ3n) is 7.75. The van der Waals surface area contributed by atoms with Crippen molar-refractivity contribution in [1.82, 2.24) is 26.6 Å². The molecule has 0 fully saturated rings. The first-order valence-electron chi connectivity index (χ1n) is 15.9. The van der Waals surface area contributed by atoms with Gasteiger partial charge in [-0.05, 0) is 58.1 Å². The second-order valence-electron chi connectivity index (χ2n) is 12.3. The molecule has 16 nitrogen and oxygen atoms in total. The van der Waals surface area contributed by atoms with E-state index in [0.717, 1.165) is 0 Å². The highest BCUT2D eigenvalue weighted by Crippen LogP contribution is 2.12. The summed E-state index contributed by atoms with van der Waals surface area (Å²) in [5.41, 5.74) is 10.2. The number of carbonyl (C=O) groups excluding carboxylic acids is 5. The summed E-state index contributed by atoms with van der Waals surface area (Å²) >= 11 is 0. The summed E-state index contributed by atoms with van der Waals surface area (Å²) in [6, 6.07) is 2.66. The fourth-order valence-electron chi connectivity index (χ4n) is 4.51. The van der Waals surface area contributed by atoms with E-state index >= 15 is 0 Å². The first kappa shape index (κ1) is 41.5. The molecule has 0 saturated heterocycles. The minimum atomic E-state index is -1.59. The lowest BCUT2D eigenvalue weighted by molar-refractivity contribution is -0.142. The molecule has 6 atom stereocenters. The Bertz CT molecular complexity index is 1280. The Morgan fingerprint density at radius 2 is 1.42 bits per heavy atom. The molecule has 0 unspecified atom stereocenters. The van der Waals surface area contributed by atoms with Crippen molar-refractivity contribution in [3.63, 3.8) is 0 Å². The third-order valence-corrected chi connectivity index (χ3v) is 7.75. The van der Waals surface area contributed by atoms with Crippen LogP contribution in [0, 0.1) is 5.92 Å². The SMILES string of the molecule is CC[C@H](C)[C@H](NC(=O)[C@@H](N)CC(=O)O)C(=O)NC(C)(C)C(=O)N[C@@H](C)C(=O)N[C@@H](Cc1ccccc1)C(=O)N[C@@H](CCCCN)C(=O)O. The van der Waals surface area contributed by atoms with Gasteiger partial charge in [0, 0.05) is 6.42 Å². The monoisotopic (exact) mass is 677 g/mol. The molecule has 0 aromatic heterocycles. The topological polar surface area (TPSA) is 272 Å². The van der Waals surface area contributed by atoms with Gasteiger partial charge in [0.1, 0.15) is 29.7 Å². The van der Waals surface area contributed by atoms with Crippen LogP contribution in [0.3, 0.4) is 0 Å². The van der Waals surface area contributed by atoms with Crippen LogP contribution in [0.2, 0.25) is 0 Å². The molecule has 0 heterocycles. The van der Waals surface area contributed by atoms with E-state index in [-0.39, 0.29) is 12.8 Å². The number of hydrogen-bond donors (Lipinski definition) is 9. The van der Waals surface area contributed by atoms with Gasteiger partial charge in [0.25, 0.3) is 0 Å². The summed E-state index contributed by atoms with van der Waals surface area (Å²) in [5, 5.41) is 31.2. The molecule has 0 bridgehead atoms. The minimum absolute atomic E-state index is 0.0363. The molecule has 1 aromatic carbocycles. The summed E-state index contributed by atoms with van der Waals surface area (Å²) in [6.45, 7) is 7.99. The first-order valence-corrected chi connectivity index (χ1v) is 15.9. The number of carbonyl (C=O) groups is 7. The largest absolute Gasteiger partial charge is 0.481 e. The number of benzene rings is 1. The number of amides is 5. The van der Waals surface area contributed by atoms with E-state index in [1.807, 2.05) is 0 Å². The average Bonchev–Trinajstić information content (AvgIpc) is 3.01. The normalized spacial score (nSPS) is 15.0. The van der Waals surface area contributed by atoms with E-state index in [2.05, 4.69) is 26.6 Å². The van der Waals surface area contributed by atoms with Gasteiger partial charge in [-0.2, -0.15) is 0 Å². The van der Waals surface area contributed by atoms with Crippen LogP contribution in [0.4, 0.5) is 0 Å². The zero-order valence-corrected chi connectivity index (χ0v) is 28.2. The summed E-state index contributed by atoms with van der Waals surface area (Å²) in [5.74, 6) is -6.72. The molecule has 1 rings (SSSR count). The van der Waals surface area contributed by atoms with Crippen molar-refractivity contribution >= 4 is 41.5 Å². The van der Waals surface area contributed by atoms with Gasteiger partial charge < -0.3 is 48.3 Å². The summed E-state index contributed by atoms with van der Waals surface area (Å²) < 4.78 is 0. The first-order chi connectivity index (χ1) is 22.4. The highest BCUT2D eigenvalue weighted by molar-refractivity contribution is 5.98. The maximum atomic E-state index is 13.3. The Hall–Kier alpha value is -4.57. The number of carboxylic acid groups (broad SMARTS) is 2. The molecule has 0 aliphatic carbocycles. The second-order valence-corrected chi connectivity index (χ2v) is 12.3. The van der Waals surface area contributed by atoms with Crippen LogP contribution in [-0.2, 0) is 40.0 Å². The van der Waals surface area contributed by atoms with E-state index in [1.54, 1.807) is 44.2 Å². The van der Waals surface area contributed by atoms with Crippen LogP contribution >= 0.6 is 0 Å². The summed E-state index contributed by atoms with van der Waals surface area (Å²) in [7, 11) is 0. The van der Waals surface area contributed by atoms with Gasteiger partial charge in [-0.1, -0.05) is 50.6 Å². The highest BCUT2D eigenvalue weighted by atomic mass is 16.4. The van der Waals surface area contributed by atoms with Crippen molar-refractivity contribution in [2.24, 2.45) is 17.4 Å². The number of nitrogens with two attached hydrogens (primary N) is 2. The van der Waals surface area contributed by atoms with E-state index in [9.17, 15) is 38.7 Å². The number of nitrogens with one attached hydrogen (secondary N) is 5. The van der Waals surface area contributed by atoms with Crippen LogP contribution in [-0.4, -0.2) is 94.0 Å².